The number of carboxylic acids is 1. The van der Waals surface area contributed by atoms with Crippen LogP contribution in [-0.2, 0) is 19.2 Å². The molecule has 0 bridgehead atoms. The summed E-state index contributed by atoms with van der Waals surface area (Å²) in [6.07, 6.45) is 3.22. The SMILES string of the molecule is CSCC[C@H](NC(=O)[C@H](CC(C)C)NC(=O)[C@H](C)NC(=O)[C@@H](N)CCCN=C(N)N)C(=O)O. The zero-order valence-electron chi connectivity index (χ0n) is 19.8. The molecule has 12 nitrogen and oxygen atoms in total. The number of nitrogens with one attached hydrogen (secondary N) is 3. The van der Waals surface area contributed by atoms with Crippen LogP contribution in [0.4, 0.5) is 0 Å². The third kappa shape index (κ3) is 13.6. The Kier molecular flexibility index (Phi) is 14.9. The summed E-state index contributed by atoms with van der Waals surface area (Å²) in [5, 5.41) is 17.0. The number of amides is 3. The average molecular weight is 490 g/mol. The molecule has 0 aromatic rings. The van der Waals surface area contributed by atoms with E-state index in [1.165, 1.54) is 18.7 Å². The lowest BCUT2D eigenvalue weighted by atomic mass is 10.0. The largest absolute Gasteiger partial charge is 0.480 e. The van der Waals surface area contributed by atoms with Crippen LogP contribution in [0.15, 0.2) is 4.99 Å². The topological polar surface area (TPSA) is 215 Å². The number of nitrogens with zero attached hydrogens (tertiary/aromatic N) is 1. The Balaban J connectivity index is 4.94. The Morgan fingerprint density at radius 1 is 0.939 bits per heavy atom. The fourth-order valence-corrected chi connectivity index (χ4v) is 3.27. The summed E-state index contributed by atoms with van der Waals surface area (Å²) in [4.78, 5) is 52.8. The summed E-state index contributed by atoms with van der Waals surface area (Å²) in [5.74, 6) is -2.24. The monoisotopic (exact) mass is 489 g/mol. The first kappa shape index (κ1) is 30.5. The quantitative estimate of drug-likeness (QED) is 0.0779. The van der Waals surface area contributed by atoms with Gasteiger partial charge in [0.15, 0.2) is 5.96 Å². The molecule has 13 heteroatoms. The lowest BCUT2D eigenvalue weighted by Crippen LogP contribution is -2.56. The lowest BCUT2D eigenvalue weighted by Gasteiger charge is -2.24. The van der Waals surface area contributed by atoms with Crippen molar-refractivity contribution in [2.45, 2.75) is 70.6 Å². The number of hydrogen-bond donors (Lipinski definition) is 7. The molecule has 0 fully saturated rings. The summed E-state index contributed by atoms with van der Waals surface area (Å²) < 4.78 is 0. The van der Waals surface area contributed by atoms with Crippen molar-refractivity contribution in [2.75, 3.05) is 18.6 Å². The van der Waals surface area contributed by atoms with Gasteiger partial charge >= 0.3 is 5.97 Å². The van der Waals surface area contributed by atoms with E-state index in [4.69, 9.17) is 17.2 Å². The van der Waals surface area contributed by atoms with Crippen molar-refractivity contribution in [1.82, 2.24) is 16.0 Å². The number of rotatable bonds is 16. The van der Waals surface area contributed by atoms with E-state index in [2.05, 4.69) is 20.9 Å². The minimum absolute atomic E-state index is 0.0442. The average Bonchev–Trinajstić information content (AvgIpc) is 2.72. The summed E-state index contributed by atoms with van der Waals surface area (Å²) in [7, 11) is 0. The van der Waals surface area contributed by atoms with Crippen LogP contribution in [-0.4, -0.2) is 77.5 Å². The minimum atomic E-state index is -1.14. The second-order valence-electron chi connectivity index (χ2n) is 8.16. The van der Waals surface area contributed by atoms with E-state index in [9.17, 15) is 24.3 Å². The van der Waals surface area contributed by atoms with Gasteiger partial charge in [-0.25, -0.2) is 4.79 Å². The van der Waals surface area contributed by atoms with Gasteiger partial charge in [0, 0.05) is 6.54 Å². The van der Waals surface area contributed by atoms with Crippen LogP contribution in [0.3, 0.4) is 0 Å². The van der Waals surface area contributed by atoms with Crippen LogP contribution >= 0.6 is 11.8 Å². The maximum Gasteiger partial charge on any atom is 0.326 e. The number of carboxylic acid groups (broad SMARTS) is 1. The fourth-order valence-electron chi connectivity index (χ4n) is 2.80. The van der Waals surface area contributed by atoms with Crippen LogP contribution in [0.2, 0.25) is 0 Å². The third-order valence-electron chi connectivity index (χ3n) is 4.62. The normalized spacial score (nSPS) is 14.5. The molecule has 0 aromatic heterocycles. The fraction of sp³-hybridized carbons (Fsp3) is 0.750. The van der Waals surface area contributed by atoms with Crippen LogP contribution in [0.25, 0.3) is 0 Å². The second kappa shape index (κ2) is 16.1. The molecular formula is C20H39N7O5S. The molecule has 0 radical (unpaired) electrons. The van der Waals surface area contributed by atoms with Gasteiger partial charge in [0.2, 0.25) is 17.7 Å². The summed E-state index contributed by atoms with van der Waals surface area (Å²) in [5.41, 5.74) is 16.3. The maximum absolute atomic E-state index is 12.7. The molecule has 0 aliphatic heterocycles. The van der Waals surface area contributed by atoms with Crippen molar-refractivity contribution < 1.29 is 24.3 Å². The van der Waals surface area contributed by atoms with Crippen LogP contribution < -0.4 is 33.2 Å². The molecule has 0 aliphatic carbocycles. The van der Waals surface area contributed by atoms with Crippen molar-refractivity contribution in [3.05, 3.63) is 0 Å². The van der Waals surface area contributed by atoms with Gasteiger partial charge in [-0.1, -0.05) is 13.8 Å². The molecule has 3 amide bonds. The van der Waals surface area contributed by atoms with Crippen molar-refractivity contribution >= 4 is 41.4 Å². The van der Waals surface area contributed by atoms with Gasteiger partial charge in [-0.15, -0.1) is 0 Å². The molecule has 0 aliphatic rings. The molecular weight excluding hydrogens is 450 g/mol. The number of aliphatic imine (C=N–C) groups is 1. The predicted molar refractivity (Wildman–Crippen MR) is 129 cm³/mol. The summed E-state index contributed by atoms with van der Waals surface area (Å²) >= 11 is 1.47. The van der Waals surface area contributed by atoms with Crippen LogP contribution in [0, 0.1) is 5.92 Å². The van der Waals surface area contributed by atoms with Gasteiger partial charge < -0.3 is 38.3 Å². The number of thioether (sulfide) groups is 1. The van der Waals surface area contributed by atoms with Crippen molar-refractivity contribution in [1.29, 1.82) is 0 Å². The number of aliphatic carboxylic acids is 1. The van der Waals surface area contributed by atoms with Gasteiger partial charge in [0.1, 0.15) is 18.1 Å². The van der Waals surface area contributed by atoms with E-state index in [0.717, 1.165) is 0 Å². The van der Waals surface area contributed by atoms with E-state index in [0.29, 0.717) is 31.6 Å². The Morgan fingerprint density at radius 2 is 1.55 bits per heavy atom. The first-order chi connectivity index (χ1) is 15.4. The van der Waals surface area contributed by atoms with Crippen molar-refractivity contribution in [3.8, 4) is 0 Å². The van der Waals surface area contributed by atoms with Gasteiger partial charge in [-0.05, 0) is 50.5 Å². The number of guanidine groups is 1. The molecule has 0 aromatic carbocycles. The Labute approximate surface area is 199 Å². The van der Waals surface area contributed by atoms with Crippen molar-refractivity contribution in [2.24, 2.45) is 28.1 Å². The summed E-state index contributed by atoms with van der Waals surface area (Å²) in [6, 6.07) is -3.79. The molecule has 190 valence electrons. The lowest BCUT2D eigenvalue weighted by molar-refractivity contribution is -0.142. The molecule has 0 heterocycles. The molecule has 33 heavy (non-hydrogen) atoms. The highest BCUT2D eigenvalue weighted by Gasteiger charge is 2.29. The highest BCUT2D eigenvalue weighted by Crippen LogP contribution is 2.08. The summed E-state index contributed by atoms with van der Waals surface area (Å²) in [6.45, 7) is 5.56. The van der Waals surface area contributed by atoms with E-state index in [1.54, 1.807) is 0 Å². The standard InChI is InChI=1S/C20H39N7O5S/c1-11(2)10-15(18(30)26-14(19(31)32)7-9-33-4)27-16(28)12(3)25-17(29)13(21)6-5-8-24-20(22)23/h11-15H,5-10,21H2,1-4H3,(H,25,29)(H,26,30)(H,27,28)(H,31,32)(H4,22,23,24)/t12-,13-,14-,15-/m0/s1. The van der Waals surface area contributed by atoms with Crippen LogP contribution in [0.1, 0.15) is 46.5 Å². The highest BCUT2D eigenvalue weighted by atomic mass is 32.2. The van der Waals surface area contributed by atoms with Gasteiger partial charge in [0.05, 0.1) is 6.04 Å². The first-order valence-electron chi connectivity index (χ1n) is 10.8. The van der Waals surface area contributed by atoms with E-state index in [1.807, 2.05) is 20.1 Å². The number of carbonyl (C=O) groups is 4. The molecule has 0 saturated carbocycles. The molecule has 10 N–H and O–H groups in total. The Hall–Kier alpha value is -2.54. The molecule has 4 atom stereocenters. The molecule has 0 unspecified atom stereocenters. The zero-order valence-corrected chi connectivity index (χ0v) is 20.6. The molecule has 0 rings (SSSR count). The zero-order chi connectivity index (χ0) is 25.6. The van der Waals surface area contributed by atoms with Gasteiger partial charge in [0.25, 0.3) is 0 Å². The first-order valence-corrected chi connectivity index (χ1v) is 12.2. The minimum Gasteiger partial charge on any atom is -0.480 e. The Morgan fingerprint density at radius 3 is 2.06 bits per heavy atom. The highest BCUT2D eigenvalue weighted by molar-refractivity contribution is 7.98. The van der Waals surface area contributed by atoms with Gasteiger partial charge in [-0.2, -0.15) is 11.8 Å². The number of nitrogens with two attached hydrogens (primary N) is 3. The van der Waals surface area contributed by atoms with Gasteiger partial charge in [-0.3, -0.25) is 19.4 Å². The maximum atomic E-state index is 12.7. The smallest absolute Gasteiger partial charge is 0.326 e. The molecule has 0 saturated heterocycles. The van der Waals surface area contributed by atoms with E-state index < -0.39 is 47.9 Å². The van der Waals surface area contributed by atoms with Crippen molar-refractivity contribution in [3.63, 3.8) is 0 Å². The number of carbonyl (C=O) groups excluding carboxylic acids is 3. The number of hydrogen-bond acceptors (Lipinski definition) is 7. The second-order valence-corrected chi connectivity index (χ2v) is 9.14. The van der Waals surface area contributed by atoms with E-state index in [-0.39, 0.29) is 18.3 Å². The predicted octanol–water partition coefficient (Wildman–Crippen LogP) is -1.27. The third-order valence-corrected chi connectivity index (χ3v) is 5.27. The molecule has 0 spiro atoms. The Bertz CT molecular complexity index is 686. The van der Waals surface area contributed by atoms with E-state index >= 15 is 0 Å². The van der Waals surface area contributed by atoms with Crippen LogP contribution in [0.5, 0.6) is 0 Å².